The van der Waals surface area contributed by atoms with Crippen LogP contribution in [0.25, 0.3) is 0 Å². The number of carbonyl (C=O) groups is 1. The normalized spacial score (nSPS) is 11.5. The van der Waals surface area contributed by atoms with E-state index in [1.807, 2.05) is 0 Å². The van der Waals surface area contributed by atoms with Crippen LogP contribution in [0.1, 0.15) is 28.0 Å². The van der Waals surface area contributed by atoms with E-state index in [2.05, 4.69) is 4.98 Å². The average Bonchev–Trinajstić information content (AvgIpc) is 2.51. The molecule has 0 aliphatic rings. The molecule has 1 aromatic heterocycles. The van der Waals surface area contributed by atoms with Gasteiger partial charge in [0.15, 0.2) is 9.84 Å². The van der Waals surface area contributed by atoms with Gasteiger partial charge in [-0.05, 0) is 6.42 Å². The number of carboxylic acid groups (broad SMARTS) is 1. The Bertz CT molecular complexity index is 449. The summed E-state index contributed by atoms with van der Waals surface area (Å²) in [6.45, 7) is 1.78. The molecule has 0 amide bonds. The van der Waals surface area contributed by atoms with Crippen LogP contribution in [0.15, 0.2) is 6.20 Å². The first-order valence-corrected chi connectivity index (χ1v) is 6.97. The molecule has 7 heteroatoms. The number of hydrogen-bond donors (Lipinski definition) is 1. The number of aromatic carboxylic acids is 1. The Morgan fingerprint density at radius 2 is 2.27 bits per heavy atom. The van der Waals surface area contributed by atoms with Gasteiger partial charge in [-0.3, -0.25) is 0 Å². The molecule has 0 saturated heterocycles. The van der Waals surface area contributed by atoms with Gasteiger partial charge in [0.05, 0.1) is 11.9 Å². The summed E-state index contributed by atoms with van der Waals surface area (Å²) in [4.78, 5) is 14.4. The number of sulfone groups is 1. The van der Waals surface area contributed by atoms with E-state index in [-0.39, 0.29) is 16.4 Å². The summed E-state index contributed by atoms with van der Waals surface area (Å²) in [5.41, 5.74) is 0. The van der Waals surface area contributed by atoms with Crippen molar-refractivity contribution >= 4 is 27.1 Å². The lowest BCUT2D eigenvalue weighted by molar-refractivity contribution is 0.0702. The molecule has 1 aromatic rings. The highest BCUT2D eigenvalue weighted by molar-refractivity contribution is 7.90. The molecule has 84 valence electrons. The molecule has 0 fully saturated rings. The maximum absolute atomic E-state index is 11.4. The molecule has 0 spiro atoms. The van der Waals surface area contributed by atoms with Crippen LogP contribution in [0.4, 0.5) is 0 Å². The second-order valence-electron chi connectivity index (χ2n) is 3.02. The lowest BCUT2D eigenvalue weighted by atomic mass is 10.6. The number of hydrogen-bond acceptors (Lipinski definition) is 5. The van der Waals surface area contributed by atoms with Gasteiger partial charge in [-0.25, -0.2) is 18.2 Å². The number of carboxylic acids is 1. The van der Waals surface area contributed by atoms with Crippen LogP contribution in [-0.4, -0.2) is 30.2 Å². The number of aromatic nitrogens is 1. The third-order valence-corrected chi connectivity index (χ3v) is 4.53. The van der Waals surface area contributed by atoms with Crippen LogP contribution >= 0.6 is 11.3 Å². The van der Waals surface area contributed by atoms with E-state index in [0.29, 0.717) is 11.4 Å². The van der Waals surface area contributed by atoms with Crippen molar-refractivity contribution < 1.29 is 18.3 Å². The quantitative estimate of drug-likeness (QED) is 0.846. The van der Waals surface area contributed by atoms with Gasteiger partial charge in [0.1, 0.15) is 15.6 Å². The van der Waals surface area contributed by atoms with Gasteiger partial charge >= 0.3 is 5.97 Å². The minimum Gasteiger partial charge on any atom is -0.477 e. The largest absolute Gasteiger partial charge is 0.477 e. The zero-order valence-electron chi connectivity index (χ0n) is 8.13. The smallest absolute Gasteiger partial charge is 0.347 e. The fourth-order valence-electron chi connectivity index (χ4n) is 1.05. The van der Waals surface area contributed by atoms with E-state index in [1.165, 1.54) is 6.20 Å². The number of thiazole rings is 1. The SMILES string of the molecule is CCCS(=O)(=O)Cc1ncc(C(=O)O)s1. The first kappa shape index (κ1) is 12.1. The molecule has 1 N–H and O–H groups in total. The lowest BCUT2D eigenvalue weighted by Gasteiger charge is -1.97. The van der Waals surface area contributed by atoms with Gasteiger partial charge in [0, 0.05) is 0 Å². The molecule has 0 saturated carbocycles. The Hall–Kier alpha value is -0.950. The molecule has 5 nitrogen and oxygen atoms in total. The Morgan fingerprint density at radius 1 is 1.60 bits per heavy atom. The van der Waals surface area contributed by atoms with Gasteiger partial charge in [-0.15, -0.1) is 11.3 Å². The minimum absolute atomic E-state index is 0.0664. The second-order valence-corrected chi connectivity index (χ2v) is 6.31. The number of rotatable bonds is 5. The van der Waals surface area contributed by atoms with Crippen LogP contribution in [0.3, 0.4) is 0 Å². The maximum Gasteiger partial charge on any atom is 0.347 e. The lowest BCUT2D eigenvalue weighted by Crippen LogP contribution is -2.08. The van der Waals surface area contributed by atoms with Crippen molar-refractivity contribution in [3.05, 3.63) is 16.1 Å². The molecule has 0 atom stereocenters. The van der Waals surface area contributed by atoms with E-state index in [0.717, 1.165) is 11.3 Å². The zero-order chi connectivity index (χ0) is 11.5. The van der Waals surface area contributed by atoms with Crippen LogP contribution in [0.5, 0.6) is 0 Å². The predicted octanol–water partition coefficient (Wildman–Crippen LogP) is 1.17. The van der Waals surface area contributed by atoms with Gasteiger partial charge in [0.2, 0.25) is 0 Å². The van der Waals surface area contributed by atoms with E-state index >= 15 is 0 Å². The molecule has 0 aliphatic heterocycles. The van der Waals surface area contributed by atoms with Gasteiger partial charge in [0.25, 0.3) is 0 Å². The minimum atomic E-state index is -3.14. The molecule has 0 unspecified atom stereocenters. The Morgan fingerprint density at radius 3 is 2.73 bits per heavy atom. The Balaban J connectivity index is 2.77. The van der Waals surface area contributed by atoms with Crippen molar-refractivity contribution in [1.82, 2.24) is 4.98 Å². The highest BCUT2D eigenvalue weighted by atomic mass is 32.2. The third kappa shape index (κ3) is 3.60. The summed E-state index contributed by atoms with van der Waals surface area (Å²) in [6.07, 6.45) is 1.74. The summed E-state index contributed by atoms with van der Waals surface area (Å²) >= 11 is 0.904. The van der Waals surface area contributed by atoms with E-state index < -0.39 is 15.8 Å². The summed E-state index contributed by atoms with van der Waals surface area (Å²) in [6, 6.07) is 0. The monoisotopic (exact) mass is 249 g/mol. The highest BCUT2D eigenvalue weighted by Gasteiger charge is 2.15. The average molecular weight is 249 g/mol. The first-order chi connectivity index (χ1) is 6.94. The fraction of sp³-hybridized carbons (Fsp3) is 0.500. The van der Waals surface area contributed by atoms with Crippen LogP contribution in [-0.2, 0) is 15.6 Å². The standard InChI is InChI=1S/C8H11NO4S2/c1-2-3-15(12,13)5-7-9-4-6(14-7)8(10)11/h4H,2-3,5H2,1H3,(H,10,11). The molecule has 15 heavy (non-hydrogen) atoms. The van der Waals surface area contributed by atoms with Gasteiger partial charge in [-0.2, -0.15) is 0 Å². The molecule has 0 bridgehead atoms. The Kier molecular flexibility index (Phi) is 3.81. The van der Waals surface area contributed by atoms with Crippen molar-refractivity contribution in [2.24, 2.45) is 0 Å². The second kappa shape index (κ2) is 4.71. The van der Waals surface area contributed by atoms with Crippen molar-refractivity contribution in [3.63, 3.8) is 0 Å². The predicted molar refractivity (Wildman–Crippen MR) is 56.9 cm³/mol. The van der Waals surface area contributed by atoms with Crippen molar-refractivity contribution in [1.29, 1.82) is 0 Å². The summed E-state index contributed by atoms with van der Waals surface area (Å²) in [5.74, 6) is -1.14. The van der Waals surface area contributed by atoms with Crippen molar-refractivity contribution in [2.45, 2.75) is 19.1 Å². The highest BCUT2D eigenvalue weighted by Crippen LogP contribution is 2.16. The van der Waals surface area contributed by atoms with E-state index in [1.54, 1.807) is 6.92 Å². The fourth-order valence-corrected chi connectivity index (χ4v) is 3.59. The summed E-state index contributed by atoms with van der Waals surface area (Å²) < 4.78 is 22.8. The third-order valence-electron chi connectivity index (χ3n) is 1.62. The zero-order valence-corrected chi connectivity index (χ0v) is 9.77. The van der Waals surface area contributed by atoms with Crippen LogP contribution < -0.4 is 0 Å². The van der Waals surface area contributed by atoms with Crippen LogP contribution in [0.2, 0.25) is 0 Å². The molecule has 0 radical (unpaired) electrons. The first-order valence-electron chi connectivity index (χ1n) is 4.33. The van der Waals surface area contributed by atoms with Gasteiger partial charge < -0.3 is 5.11 Å². The summed E-state index contributed by atoms with van der Waals surface area (Å²) in [5, 5.41) is 8.95. The molecule has 0 aliphatic carbocycles. The summed E-state index contributed by atoms with van der Waals surface area (Å²) in [7, 11) is -3.14. The Labute approximate surface area is 91.7 Å². The van der Waals surface area contributed by atoms with Crippen molar-refractivity contribution in [2.75, 3.05) is 5.75 Å². The van der Waals surface area contributed by atoms with E-state index in [4.69, 9.17) is 5.11 Å². The topological polar surface area (TPSA) is 84.3 Å². The molecular formula is C8H11NO4S2. The maximum atomic E-state index is 11.4. The van der Waals surface area contributed by atoms with Crippen LogP contribution in [0, 0.1) is 0 Å². The number of nitrogens with zero attached hydrogens (tertiary/aromatic N) is 1. The molecule has 1 heterocycles. The van der Waals surface area contributed by atoms with Gasteiger partial charge in [-0.1, -0.05) is 6.92 Å². The molecular weight excluding hydrogens is 238 g/mol. The van der Waals surface area contributed by atoms with E-state index in [9.17, 15) is 13.2 Å². The van der Waals surface area contributed by atoms with Crippen molar-refractivity contribution in [3.8, 4) is 0 Å². The molecule has 0 aromatic carbocycles. The molecule has 1 rings (SSSR count).